The van der Waals surface area contributed by atoms with Gasteiger partial charge in [0.25, 0.3) is 0 Å². The molecular weight excluding hydrogens is 176 g/mol. The molecule has 0 unspecified atom stereocenters. The Morgan fingerprint density at radius 2 is 1.69 bits per heavy atom. The van der Waals surface area contributed by atoms with Crippen molar-refractivity contribution in [3.05, 3.63) is 0 Å². The van der Waals surface area contributed by atoms with Gasteiger partial charge >= 0.3 is 0 Å². The van der Waals surface area contributed by atoms with Crippen molar-refractivity contribution in [2.75, 3.05) is 0 Å². The van der Waals surface area contributed by atoms with Crippen molar-refractivity contribution in [2.45, 2.75) is 58.4 Å². The maximum atomic E-state index is 6.12. The van der Waals surface area contributed by atoms with Crippen molar-refractivity contribution in [2.24, 2.45) is 0 Å². The highest BCUT2D eigenvalue weighted by Crippen LogP contribution is 2.23. The summed E-state index contributed by atoms with van der Waals surface area (Å²) in [6.07, 6.45) is 6.25. The molecular formula is C11H22OSi. The first kappa shape index (κ1) is 12.7. The molecule has 1 nitrogen and oxygen atoms in total. The molecule has 0 saturated carbocycles. The Labute approximate surface area is 84.0 Å². The van der Waals surface area contributed by atoms with E-state index in [0.29, 0.717) is 0 Å². The molecule has 0 aromatic rings. The van der Waals surface area contributed by atoms with E-state index in [0.717, 1.165) is 6.42 Å². The molecule has 0 heterocycles. The summed E-state index contributed by atoms with van der Waals surface area (Å²) < 4.78 is 6.12. The quantitative estimate of drug-likeness (QED) is 0.469. The van der Waals surface area contributed by atoms with Crippen LogP contribution in [-0.4, -0.2) is 14.4 Å². The van der Waals surface area contributed by atoms with Crippen molar-refractivity contribution in [1.29, 1.82) is 0 Å². The number of terminal acetylenes is 1. The van der Waals surface area contributed by atoms with Crippen LogP contribution < -0.4 is 0 Å². The fourth-order valence-electron chi connectivity index (χ4n) is 1.63. The Morgan fingerprint density at radius 1 is 1.23 bits per heavy atom. The molecule has 0 aliphatic rings. The molecule has 0 aliphatic heterocycles. The zero-order valence-electron chi connectivity index (χ0n) is 9.39. The summed E-state index contributed by atoms with van der Waals surface area (Å²) in [6.45, 7) is 8.80. The lowest BCUT2D eigenvalue weighted by molar-refractivity contribution is 0.211. The van der Waals surface area contributed by atoms with Gasteiger partial charge in [0.2, 0.25) is 0 Å². The molecule has 0 rings (SSSR count). The molecule has 76 valence electrons. The highest BCUT2D eigenvalue weighted by Gasteiger charge is 2.30. The van der Waals surface area contributed by atoms with E-state index in [9.17, 15) is 0 Å². The van der Waals surface area contributed by atoms with Crippen LogP contribution >= 0.6 is 0 Å². The van der Waals surface area contributed by atoms with Crippen LogP contribution in [0.25, 0.3) is 0 Å². The first-order chi connectivity index (χ1) is 6.14. The van der Waals surface area contributed by atoms with Crippen LogP contribution in [0.4, 0.5) is 0 Å². The van der Waals surface area contributed by atoms with Gasteiger partial charge in [-0.05, 0) is 25.1 Å². The number of rotatable bonds is 6. The van der Waals surface area contributed by atoms with E-state index in [1.165, 1.54) is 18.1 Å². The predicted molar refractivity (Wildman–Crippen MR) is 61.2 cm³/mol. The topological polar surface area (TPSA) is 9.23 Å². The summed E-state index contributed by atoms with van der Waals surface area (Å²) in [5, 5.41) is 0. The van der Waals surface area contributed by atoms with Gasteiger partial charge in [-0.3, -0.25) is 0 Å². The molecule has 0 N–H and O–H groups in total. The van der Waals surface area contributed by atoms with Crippen molar-refractivity contribution in [3.63, 3.8) is 0 Å². The van der Waals surface area contributed by atoms with Crippen molar-refractivity contribution >= 4 is 8.32 Å². The Balaban J connectivity index is 4.17. The van der Waals surface area contributed by atoms with Gasteiger partial charge in [-0.1, -0.05) is 20.8 Å². The highest BCUT2D eigenvalue weighted by atomic mass is 28.4. The first-order valence-electron chi connectivity index (χ1n) is 5.25. The Morgan fingerprint density at radius 3 is 2.00 bits per heavy atom. The molecule has 0 spiro atoms. The molecule has 0 bridgehead atoms. The van der Waals surface area contributed by atoms with Gasteiger partial charge in [0.05, 0.1) is 6.10 Å². The smallest absolute Gasteiger partial charge is 0.192 e. The average Bonchev–Trinajstić information content (AvgIpc) is 2.15. The summed E-state index contributed by atoms with van der Waals surface area (Å²) in [5.41, 5.74) is 0. The summed E-state index contributed by atoms with van der Waals surface area (Å²) in [7, 11) is -1.41. The summed E-state index contributed by atoms with van der Waals surface area (Å²) >= 11 is 0. The normalized spacial score (nSPS) is 13.8. The molecule has 0 aliphatic carbocycles. The zero-order valence-corrected chi connectivity index (χ0v) is 10.4. The van der Waals surface area contributed by atoms with E-state index >= 15 is 0 Å². The molecule has 13 heavy (non-hydrogen) atoms. The molecule has 0 aromatic heterocycles. The number of hydrogen-bond acceptors (Lipinski definition) is 1. The van der Waals surface area contributed by atoms with Gasteiger partial charge < -0.3 is 4.43 Å². The molecule has 2 heteroatoms. The van der Waals surface area contributed by atoms with Crippen LogP contribution in [0.2, 0.25) is 18.1 Å². The van der Waals surface area contributed by atoms with Gasteiger partial charge in [0, 0.05) is 6.42 Å². The third-order valence-electron chi connectivity index (χ3n) is 2.79. The minimum absolute atomic E-state index is 0.247. The van der Waals surface area contributed by atoms with Crippen LogP contribution in [0, 0.1) is 12.3 Å². The van der Waals surface area contributed by atoms with Crippen molar-refractivity contribution in [1.82, 2.24) is 0 Å². The third-order valence-corrected chi connectivity index (χ3v) is 7.56. The van der Waals surface area contributed by atoms with E-state index in [1.54, 1.807) is 0 Å². The van der Waals surface area contributed by atoms with Gasteiger partial charge in [0.15, 0.2) is 8.32 Å². The largest absolute Gasteiger partial charge is 0.413 e. The van der Waals surface area contributed by atoms with Crippen LogP contribution in [0.3, 0.4) is 0 Å². The lowest BCUT2D eigenvalue weighted by atomic mass is 10.3. The Hall–Kier alpha value is -0.263. The van der Waals surface area contributed by atoms with Gasteiger partial charge in [-0.25, -0.2) is 0 Å². The summed E-state index contributed by atoms with van der Waals surface area (Å²) in [6, 6.07) is 3.61. The van der Waals surface area contributed by atoms with E-state index in [4.69, 9.17) is 10.8 Å². The molecule has 0 radical (unpaired) electrons. The lowest BCUT2D eigenvalue weighted by Gasteiger charge is -2.31. The van der Waals surface area contributed by atoms with Gasteiger partial charge in [-0.2, -0.15) is 0 Å². The van der Waals surface area contributed by atoms with Gasteiger partial charge in [0.1, 0.15) is 0 Å². The van der Waals surface area contributed by atoms with E-state index in [1.807, 2.05) is 0 Å². The van der Waals surface area contributed by atoms with E-state index in [2.05, 4.69) is 33.6 Å². The maximum Gasteiger partial charge on any atom is 0.192 e. The summed E-state index contributed by atoms with van der Waals surface area (Å²) in [4.78, 5) is 0. The molecule has 0 fully saturated rings. The second kappa shape index (κ2) is 6.23. The standard InChI is InChI=1S/C11H22OSi/c1-6-10-11(5)12-13(7-2,8-3)9-4/h1,11H,7-10H2,2-5H3/t11-/m0/s1. The van der Waals surface area contributed by atoms with Crippen LogP contribution in [-0.2, 0) is 4.43 Å². The second-order valence-electron chi connectivity index (χ2n) is 3.58. The Kier molecular flexibility index (Phi) is 6.10. The van der Waals surface area contributed by atoms with Gasteiger partial charge in [-0.15, -0.1) is 12.3 Å². The summed E-state index contributed by atoms with van der Waals surface area (Å²) in [5.74, 6) is 2.66. The average molecular weight is 198 g/mol. The SMILES string of the molecule is C#CC[C@H](C)O[Si](CC)(CC)CC. The monoisotopic (exact) mass is 198 g/mol. The van der Waals surface area contributed by atoms with Crippen LogP contribution in [0.15, 0.2) is 0 Å². The van der Waals surface area contributed by atoms with E-state index in [-0.39, 0.29) is 6.10 Å². The fourth-order valence-corrected chi connectivity index (χ4v) is 4.57. The molecule has 0 aromatic carbocycles. The maximum absolute atomic E-state index is 6.12. The Bertz CT molecular complexity index is 159. The third kappa shape index (κ3) is 3.97. The minimum atomic E-state index is -1.41. The lowest BCUT2D eigenvalue weighted by Crippen LogP contribution is -2.38. The predicted octanol–water partition coefficient (Wildman–Crippen LogP) is 3.42. The molecule has 0 saturated heterocycles. The van der Waals surface area contributed by atoms with Crippen molar-refractivity contribution in [3.8, 4) is 12.3 Å². The number of hydrogen-bond donors (Lipinski definition) is 0. The van der Waals surface area contributed by atoms with Crippen molar-refractivity contribution < 1.29 is 4.43 Å². The second-order valence-corrected chi connectivity index (χ2v) is 8.30. The first-order valence-corrected chi connectivity index (χ1v) is 7.78. The molecule has 0 amide bonds. The highest BCUT2D eigenvalue weighted by molar-refractivity contribution is 6.73. The fraction of sp³-hybridized carbons (Fsp3) is 0.818. The zero-order chi connectivity index (χ0) is 10.3. The van der Waals surface area contributed by atoms with E-state index < -0.39 is 8.32 Å². The van der Waals surface area contributed by atoms with Crippen LogP contribution in [0.1, 0.15) is 34.1 Å². The minimum Gasteiger partial charge on any atom is -0.413 e. The molecule has 1 atom stereocenters. The van der Waals surface area contributed by atoms with Crippen LogP contribution in [0.5, 0.6) is 0 Å².